The molecule has 0 amide bonds. The van der Waals surface area contributed by atoms with Crippen molar-refractivity contribution in [2.45, 2.75) is 0 Å². The van der Waals surface area contributed by atoms with Crippen LogP contribution < -0.4 is 34.6 Å². The van der Waals surface area contributed by atoms with Crippen molar-refractivity contribution in [1.82, 2.24) is 0 Å². The maximum atomic E-state index is 5.94. The van der Waals surface area contributed by atoms with E-state index in [1.54, 1.807) is 21.3 Å². The molecule has 0 saturated heterocycles. The number of hydrogen-bond donors (Lipinski definition) is 0. The molecule has 0 aliphatic rings. The van der Waals surface area contributed by atoms with Crippen molar-refractivity contribution in [3.63, 3.8) is 0 Å². The van der Waals surface area contributed by atoms with Crippen LogP contribution in [-0.2, 0) is 0 Å². The van der Waals surface area contributed by atoms with Crippen LogP contribution in [0.3, 0.4) is 0 Å². The molecule has 0 spiro atoms. The fraction of sp³-hybridized carbons (Fsp3) is 0.111. The van der Waals surface area contributed by atoms with Crippen LogP contribution in [0.2, 0.25) is 0 Å². The first kappa shape index (κ1) is 22.4. The molecule has 162 valence electrons. The summed E-state index contributed by atoms with van der Waals surface area (Å²) >= 11 is 0.0339. The van der Waals surface area contributed by atoms with Crippen LogP contribution in [0.5, 0.6) is 17.2 Å². The molecule has 0 aromatic heterocycles. The minimum absolute atomic E-state index is 0.0339. The normalized spacial score (nSPS) is 11.1. The van der Waals surface area contributed by atoms with E-state index in [1.807, 2.05) is 18.2 Å². The fourth-order valence-electron chi connectivity index (χ4n) is 3.85. The van der Waals surface area contributed by atoms with Gasteiger partial charge >= 0.3 is 197 Å². The Kier molecular flexibility index (Phi) is 7.17. The van der Waals surface area contributed by atoms with Crippen molar-refractivity contribution in [2.75, 3.05) is 21.3 Å². The monoisotopic (exact) mass is 509 g/mol. The molecule has 4 rings (SSSR count). The molecule has 32 heavy (non-hydrogen) atoms. The maximum absolute atomic E-state index is 5.94. The van der Waals surface area contributed by atoms with Crippen LogP contribution in [0, 0.1) is 0 Å². The number of rotatable bonds is 8. The van der Waals surface area contributed by atoms with Crippen molar-refractivity contribution >= 4 is 40.8 Å². The van der Waals surface area contributed by atoms with Gasteiger partial charge in [-0.2, -0.15) is 0 Å². The van der Waals surface area contributed by atoms with Crippen molar-refractivity contribution in [2.24, 2.45) is 0 Å². The van der Waals surface area contributed by atoms with Crippen LogP contribution in [-0.4, -0.2) is 35.8 Å². The molecular formula is C27H26O3PSe+. The van der Waals surface area contributed by atoms with Crippen LogP contribution >= 0.6 is 5.95 Å². The summed E-state index contributed by atoms with van der Waals surface area (Å²) in [6, 6.07) is 35.8. The van der Waals surface area contributed by atoms with Crippen molar-refractivity contribution < 1.29 is 14.2 Å². The first-order chi connectivity index (χ1) is 15.7. The van der Waals surface area contributed by atoms with Gasteiger partial charge in [0.1, 0.15) is 0 Å². The van der Waals surface area contributed by atoms with E-state index in [2.05, 4.69) is 84.9 Å². The van der Waals surface area contributed by atoms with E-state index >= 15 is 0 Å². The van der Waals surface area contributed by atoms with Crippen LogP contribution in [0.4, 0.5) is 0 Å². The van der Waals surface area contributed by atoms with Crippen LogP contribution in [0.25, 0.3) is 0 Å². The predicted octanol–water partition coefficient (Wildman–Crippen LogP) is 3.95. The van der Waals surface area contributed by atoms with E-state index in [-0.39, 0.29) is 14.5 Å². The zero-order chi connectivity index (χ0) is 22.4. The summed E-state index contributed by atoms with van der Waals surface area (Å²) in [7, 11) is 5.23. The van der Waals surface area contributed by atoms with Gasteiger partial charge in [0.2, 0.25) is 0 Å². The molecule has 0 atom stereocenters. The zero-order valence-corrected chi connectivity index (χ0v) is 21.0. The Morgan fingerprint density at radius 3 is 1.19 bits per heavy atom. The van der Waals surface area contributed by atoms with Crippen molar-refractivity contribution in [1.29, 1.82) is 0 Å². The fourth-order valence-corrected chi connectivity index (χ4v) is 15.5. The van der Waals surface area contributed by atoms with Crippen LogP contribution in [0.1, 0.15) is 0 Å². The molecule has 0 N–H and O–H groups in total. The summed E-state index contributed by atoms with van der Waals surface area (Å²) in [5.74, 6) is 0.404. The molecule has 3 nitrogen and oxygen atoms in total. The average molecular weight is 508 g/mol. The summed E-state index contributed by atoms with van der Waals surface area (Å²) in [5, 5.41) is 3.58. The Morgan fingerprint density at radius 1 is 0.469 bits per heavy atom. The summed E-state index contributed by atoms with van der Waals surface area (Å²) in [6.45, 7) is 0. The summed E-state index contributed by atoms with van der Waals surface area (Å²) in [4.78, 5) is 0. The molecule has 0 radical (unpaired) electrons. The summed E-state index contributed by atoms with van der Waals surface area (Å²) in [6.07, 6.45) is 0. The molecule has 0 saturated carbocycles. The molecule has 0 unspecified atom stereocenters. The summed E-state index contributed by atoms with van der Waals surface area (Å²) < 4.78 is 19.1. The molecule has 0 heterocycles. The Hall–Kier alpha value is -2.77. The first-order valence-corrected chi connectivity index (χ1v) is 15.1. The van der Waals surface area contributed by atoms with Gasteiger partial charge in [-0.15, -0.1) is 0 Å². The summed E-state index contributed by atoms with van der Waals surface area (Å²) in [5.41, 5.74) is 0. The molecule has 0 fully saturated rings. The Morgan fingerprint density at radius 2 is 0.812 bits per heavy atom. The Bertz CT molecular complexity index is 1060. The predicted molar refractivity (Wildman–Crippen MR) is 137 cm³/mol. The third-order valence-electron chi connectivity index (χ3n) is 5.26. The van der Waals surface area contributed by atoms with E-state index in [0.29, 0.717) is 0 Å². The topological polar surface area (TPSA) is 27.7 Å². The van der Waals surface area contributed by atoms with E-state index in [4.69, 9.17) is 14.2 Å². The second kappa shape index (κ2) is 10.2. The number of benzene rings is 4. The molecule has 5 heteroatoms. The average Bonchev–Trinajstić information content (AvgIpc) is 2.88. The van der Waals surface area contributed by atoms with E-state index in [1.165, 1.54) is 20.4 Å². The van der Waals surface area contributed by atoms with E-state index < -0.39 is 5.95 Å². The van der Waals surface area contributed by atoms with Gasteiger partial charge in [0.05, 0.1) is 0 Å². The third-order valence-corrected chi connectivity index (χ3v) is 16.2. The van der Waals surface area contributed by atoms with Gasteiger partial charge in [-0.25, -0.2) is 0 Å². The zero-order valence-electron chi connectivity index (χ0n) is 18.4. The van der Waals surface area contributed by atoms with Gasteiger partial charge in [0, 0.05) is 0 Å². The number of methoxy groups -OCH3 is 3. The van der Waals surface area contributed by atoms with Gasteiger partial charge in [-0.1, -0.05) is 0 Å². The van der Waals surface area contributed by atoms with Crippen molar-refractivity contribution in [3.8, 4) is 17.2 Å². The minimum atomic E-state index is -2.25. The molecule has 0 bridgehead atoms. The number of hydrogen-bond acceptors (Lipinski definition) is 3. The first-order valence-electron chi connectivity index (χ1n) is 10.3. The van der Waals surface area contributed by atoms with Gasteiger partial charge in [0.15, 0.2) is 0 Å². The molecular weight excluding hydrogens is 482 g/mol. The second-order valence-corrected chi connectivity index (χ2v) is 15.5. The molecule has 0 aliphatic heterocycles. The van der Waals surface area contributed by atoms with E-state index in [9.17, 15) is 0 Å². The second-order valence-electron chi connectivity index (χ2n) is 7.03. The SMILES string of the molecule is COc1ccccc1[P+]([Se]c1ccccc1)(c1ccccc1OC)c1ccccc1OC. The quantitative estimate of drug-likeness (QED) is 0.267. The Balaban J connectivity index is 2.16. The van der Waals surface area contributed by atoms with Gasteiger partial charge in [0.25, 0.3) is 0 Å². The van der Waals surface area contributed by atoms with Gasteiger partial charge in [-0.3, -0.25) is 0 Å². The standard InChI is InChI=1S/C27H26O3PSe/c1-28-22-15-7-10-18-25(22)31(32-21-13-5-4-6-14-21,26-19-11-8-16-23(26)29-2)27-20-12-9-17-24(27)30-3/h4-20H,1-3H3/q+1. The van der Waals surface area contributed by atoms with Gasteiger partial charge < -0.3 is 0 Å². The van der Waals surface area contributed by atoms with E-state index in [0.717, 1.165) is 17.2 Å². The molecule has 4 aromatic carbocycles. The molecule has 4 aromatic rings. The van der Waals surface area contributed by atoms with Gasteiger partial charge in [-0.05, 0) is 0 Å². The Labute approximate surface area is 196 Å². The number of ether oxygens (including phenoxy) is 3. The van der Waals surface area contributed by atoms with Crippen molar-refractivity contribution in [3.05, 3.63) is 103 Å². The third kappa shape index (κ3) is 4.14. The molecule has 0 aliphatic carbocycles. The van der Waals surface area contributed by atoms with Crippen LogP contribution in [0.15, 0.2) is 103 Å². The number of para-hydroxylation sites is 3.